The van der Waals surface area contributed by atoms with Gasteiger partial charge in [0.15, 0.2) is 14.1 Å². The van der Waals surface area contributed by atoms with E-state index < -0.39 is 14.4 Å². The van der Waals surface area contributed by atoms with E-state index in [0.29, 0.717) is 13.2 Å². The maximum atomic E-state index is 11.8. The van der Waals surface area contributed by atoms with Crippen LogP contribution in [0, 0.1) is 0 Å². The van der Waals surface area contributed by atoms with Crippen molar-refractivity contribution in [2.75, 3.05) is 6.61 Å². The first-order valence-electron chi connectivity index (χ1n) is 7.43. The first-order valence-corrected chi connectivity index (χ1v) is 10.3. The van der Waals surface area contributed by atoms with Gasteiger partial charge in [-0.1, -0.05) is 51.1 Å². The quantitative estimate of drug-likeness (QED) is 0.709. The van der Waals surface area contributed by atoms with Crippen molar-refractivity contribution in [2.45, 2.75) is 58.5 Å². The molecule has 0 aliphatic carbocycles. The first-order chi connectivity index (χ1) is 9.63. The molecular formula is C17H28O3Si. The van der Waals surface area contributed by atoms with Gasteiger partial charge >= 0.3 is 0 Å². The third-order valence-corrected chi connectivity index (χ3v) is 8.56. The van der Waals surface area contributed by atoms with Crippen LogP contribution in [0.15, 0.2) is 30.3 Å². The van der Waals surface area contributed by atoms with Crippen LogP contribution in [0.4, 0.5) is 0 Å². The van der Waals surface area contributed by atoms with Crippen molar-refractivity contribution in [1.82, 2.24) is 0 Å². The second kappa shape index (κ2) is 7.34. The molecule has 0 aliphatic rings. The maximum absolute atomic E-state index is 11.8. The second-order valence-corrected chi connectivity index (χ2v) is 11.7. The minimum atomic E-state index is -1.96. The third kappa shape index (κ3) is 5.73. The fourth-order valence-corrected chi connectivity index (χ4v) is 2.92. The lowest BCUT2D eigenvalue weighted by atomic mass is 10.2. The van der Waals surface area contributed by atoms with Crippen molar-refractivity contribution in [3.63, 3.8) is 0 Å². The summed E-state index contributed by atoms with van der Waals surface area (Å²) in [6, 6.07) is 9.96. The van der Waals surface area contributed by atoms with Crippen molar-refractivity contribution in [1.29, 1.82) is 0 Å². The molecule has 4 heteroatoms. The molecule has 0 fully saturated rings. The number of ether oxygens (including phenoxy) is 1. The van der Waals surface area contributed by atoms with Crippen molar-refractivity contribution >= 4 is 14.1 Å². The van der Waals surface area contributed by atoms with Gasteiger partial charge in [-0.15, -0.1) is 0 Å². The minimum Gasteiger partial charge on any atom is -0.405 e. The summed E-state index contributed by atoms with van der Waals surface area (Å²) in [7, 11) is -1.96. The van der Waals surface area contributed by atoms with Gasteiger partial charge < -0.3 is 9.16 Å². The fourth-order valence-electron chi connectivity index (χ4n) is 1.62. The molecule has 1 rings (SSSR count). The van der Waals surface area contributed by atoms with Gasteiger partial charge in [0.1, 0.15) is 6.10 Å². The van der Waals surface area contributed by atoms with Gasteiger partial charge in [0.25, 0.3) is 0 Å². The Morgan fingerprint density at radius 2 is 1.76 bits per heavy atom. The topological polar surface area (TPSA) is 35.5 Å². The average Bonchev–Trinajstić information content (AvgIpc) is 2.37. The van der Waals surface area contributed by atoms with Crippen LogP contribution in [0.5, 0.6) is 0 Å². The van der Waals surface area contributed by atoms with E-state index in [0.717, 1.165) is 5.56 Å². The van der Waals surface area contributed by atoms with Crippen LogP contribution >= 0.6 is 0 Å². The lowest BCUT2D eigenvalue weighted by Gasteiger charge is -2.38. The number of hydrogen-bond acceptors (Lipinski definition) is 3. The molecule has 0 radical (unpaired) electrons. The lowest BCUT2D eigenvalue weighted by Crippen LogP contribution is -2.47. The molecule has 0 saturated carbocycles. The number of rotatable bonds is 7. The molecule has 0 aromatic heterocycles. The molecule has 3 nitrogen and oxygen atoms in total. The van der Waals surface area contributed by atoms with Gasteiger partial charge in [0, 0.05) is 0 Å². The molecule has 1 aromatic carbocycles. The molecule has 0 spiro atoms. The zero-order valence-corrected chi connectivity index (χ0v) is 15.1. The van der Waals surface area contributed by atoms with Crippen LogP contribution in [0.3, 0.4) is 0 Å². The van der Waals surface area contributed by atoms with E-state index in [9.17, 15) is 4.79 Å². The summed E-state index contributed by atoms with van der Waals surface area (Å²) in [6.07, 6.45) is -0.463. The summed E-state index contributed by atoms with van der Waals surface area (Å²) in [4.78, 5) is 11.8. The molecule has 118 valence electrons. The van der Waals surface area contributed by atoms with Gasteiger partial charge in [-0.05, 0) is 30.6 Å². The summed E-state index contributed by atoms with van der Waals surface area (Å²) >= 11 is 0. The van der Waals surface area contributed by atoms with Crippen LogP contribution in [0.2, 0.25) is 18.1 Å². The highest BCUT2D eigenvalue weighted by Gasteiger charge is 2.40. The lowest BCUT2D eigenvalue weighted by molar-refractivity contribution is -0.127. The molecule has 1 atom stereocenters. The monoisotopic (exact) mass is 308 g/mol. The zero-order valence-electron chi connectivity index (χ0n) is 14.1. The molecule has 0 N–H and O–H groups in total. The van der Waals surface area contributed by atoms with Crippen molar-refractivity contribution < 1.29 is 14.0 Å². The zero-order chi connectivity index (χ0) is 16.1. The Morgan fingerprint density at radius 3 is 2.24 bits per heavy atom. The maximum Gasteiger partial charge on any atom is 0.193 e. The summed E-state index contributed by atoms with van der Waals surface area (Å²) in [5, 5.41) is 0.0835. The van der Waals surface area contributed by atoms with Crippen LogP contribution in [-0.2, 0) is 20.6 Å². The van der Waals surface area contributed by atoms with Crippen LogP contribution in [-0.4, -0.2) is 26.8 Å². The first kappa shape index (κ1) is 18.1. The predicted molar refractivity (Wildman–Crippen MR) is 88.8 cm³/mol. The van der Waals surface area contributed by atoms with Gasteiger partial charge in [-0.3, -0.25) is 4.79 Å². The third-order valence-electron chi connectivity index (χ3n) is 4.08. The Hall–Kier alpha value is -0.973. The van der Waals surface area contributed by atoms with Crippen LogP contribution < -0.4 is 0 Å². The van der Waals surface area contributed by atoms with Crippen molar-refractivity contribution in [3.8, 4) is 0 Å². The van der Waals surface area contributed by atoms with E-state index in [4.69, 9.17) is 9.16 Å². The molecule has 0 aliphatic heterocycles. The van der Waals surface area contributed by atoms with E-state index in [-0.39, 0.29) is 10.8 Å². The molecule has 0 saturated heterocycles. The molecule has 0 bridgehead atoms. The summed E-state index contributed by atoms with van der Waals surface area (Å²) in [5.74, 6) is 0.0351. The smallest absolute Gasteiger partial charge is 0.193 e. The molecular weight excluding hydrogens is 280 g/mol. The van der Waals surface area contributed by atoms with E-state index in [1.54, 1.807) is 6.92 Å². The number of ketones is 1. The normalized spacial score (nSPS) is 14.0. The SMILES string of the molecule is CC(=O)[C@H](COCc1ccccc1)O[Si](C)(C)C(C)(C)C. The highest BCUT2D eigenvalue weighted by atomic mass is 28.4. The number of benzene rings is 1. The minimum absolute atomic E-state index is 0.0351. The standard InChI is InChI=1S/C17H28O3Si/c1-14(18)16(20-21(5,6)17(2,3)4)13-19-12-15-10-8-7-9-11-15/h7-11,16H,12-13H2,1-6H3/t16-/m0/s1. The highest BCUT2D eigenvalue weighted by Crippen LogP contribution is 2.37. The molecule has 1 aromatic rings. The Kier molecular flexibility index (Phi) is 6.32. The Morgan fingerprint density at radius 1 is 1.19 bits per heavy atom. The Labute approximate surface area is 129 Å². The van der Waals surface area contributed by atoms with Gasteiger partial charge in [-0.25, -0.2) is 0 Å². The number of carbonyl (C=O) groups is 1. The fraction of sp³-hybridized carbons (Fsp3) is 0.588. The van der Waals surface area contributed by atoms with Gasteiger partial charge in [0.2, 0.25) is 0 Å². The summed E-state index contributed by atoms with van der Waals surface area (Å²) < 4.78 is 11.8. The number of hydrogen-bond donors (Lipinski definition) is 0. The average molecular weight is 308 g/mol. The predicted octanol–water partition coefficient (Wildman–Crippen LogP) is 4.18. The molecule has 0 amide bonds. The second-order valence-electron chi connectivity index (χ2n) is 6.98. The molecule has 0 heterocycles. The van der Waals surface area contributed by atoms with Crippen molar-refractivity contribution in [2.24, 2.45) is 0 Å². The number of carbonyl (C=O) groups excluding carboxylic acids is 1. The summed E-state index contributed by atoms with van der Waals surface area (Å²) in [6.45, 7) is 13.2. The van der Waals surface area contributed by atoms with Crippen LogP contribution in [0.1, 0.15) is 33.3 Å². The Balaban J connectivity index is 2.57. The van der Waals surface area contributed by atoms with E-state index in [1.807, 2.05) is 30.3 Å². The van der Waals surface area contributed by atoms with Gasteiger partial charge in [0.05, 0.1) is 13.2 Å². The largest absolute Gasteiger partial charge is 0.405 e. The molecule has 21 heavy (non-hydrogen) atoms. The van der Waals surface area contributed by atoms with Crippen molar-refractivity contribution in [3.05, 3.63) is 35.9 Å². The van der Waals surface area contributed by atoms with Gasteiger partial charge in [-0.2, -0.15) is 0 Å². The Bertz CT molecular complexity index is 449. The van der Waals surface area contributed by atoms with Crippen LogP contribution in [0.25, 0.3) is 0 Å². The highest BCUT2D eigenvalue weighted by molar-refractivity contribution is 6.74. The van der Waals surface area contributed by atoms with E-state index in [2.05, 4.69) is 33.9 Å². The van der Waals surface area contributed by atoms with E-state index in [1.165, 1.54) is 0 Å². The molecule has 0 unspecified atom stereocenters. The summed E-state index contributed by atoms with van der Waals surface area (Å²) in [5.41, 5.74) is 1.10. The number of Topliss-reactive ketones (excluding diaryl/α,β-unsaturated/α-hetero) is 1. The van der Waals surface area contributed by atoms with E-state index >= 15 is 0 Å².